The Morgan fingerprint density at radius 3 is 2.67 bits per heavy atom. The first-order valence-corrected chi connectivity index (χ1v) is 8.54. The minimum Gasteiger partial charge on any atom is -0.478 e. The zero-order valence-corrected chi connectivity index (χ0v) is 14.1. The first kappa shape index (κ1) is 16.4. The fourth-order valence-corrected chi connectivity index (χ4v) is 4.17. The van der Waals surface area contributed by atoms with E-state index in [-0.39, 0.29) is 23.5 Å². The van der Waals surface area contributed by atoms with Gasteiger partial charge in [0.25, 0.3) is 0 Å². The van der Waals surface area contributed by atoms with Crippen LogP contribution in [0.2, 0.25) is 0 Å². The first-order chi connectivity index (χ1) is 9.63. The number of hydrogen-bond donors (Lipinski definition) is 1. The van der Waals surface area contributed by atoms with Crippen LogP contribution in [0, 0.1) is 0 Å². The number of halogens is 1. The minimum atomic E-state index is -3.74. The average molecular weight is 378 g/mol. The number of morpholine rings is 1. The summed E-state index contributed by atoms with van der Waals surface area (Å²) in [7, 11) is -3.74. The fourth-order valence-electron chi connectivity index (χ4n) is 2.16. The summed E-state index contributed by atoms with van der Waals surface area (Å²) in [6, 6.07) is 4.00. The van der Waals surface area contributed by atoms with Crippen LogP contribution in [0.1, 0.15) is 24.2 Å². The van der Waals surface area contributed by atoms with Crippen LogP contribution in [0.3, 0.4) is 0 Å². The third kappa shape index (κ3) is 3.45. The van der Waals surface area contributed by atoms with Crippen LogP contribution >= 0.6 is 15.9 Å². The molecule has 1 N–H and O–H groups in total. The standard InChI is InChI=1S/C13H16BrNO5S/c1-13(2)8-15(5-6-20-13)21(18,19)9-3-4-11(14)10(7-9)12(16)17/h3-4,7H,5-6,8H2,1-2H3,(H,16,17). The lowest BCUT2D eigenvalue weighted by molar-refractivity contribution is -0.0640. The molecule has 0 radical (unpaired) electrons. The maximum absolute atomic E-state index is 12.6. The molecule has 0 aromatic heterocycles. The normalized spacial score (nSPS) is 19.4. The highest BCUT2D eigenvalue weighted by Gasteiger charge is 2.35. The molecule has 0 spiro atoms. The number of carboxylic acid groups (broad SMARTS) is 1. The Hall–Kier alpha value is -0.960. The van der Waals surface area contributed by atoms with Crippen LogP contribution in [-0.4, -0.2) is 49.1 Å². The lowest BCUT2D eigenvalue weighted by Gasteiger charge is -2.37. The van der Waals surface area contributed by atoms with E-state index in [2.05, 4.69) is 15.9 Å². The number of nitrogens with zero attached hydrogens (tertiary/aromatic N) is 1. The molecule has 1 fully saturated rings. The van der Waals surface area contributed by atoms with Gasteiger partial charge in [-0.25, -0.2) is 13.2 Å². The van der Waals surface area contributed by atoms with Crippen molar-refractivity contribution < 1.29 is 23.1 Å². The topological polar surface area (TPSA) is 83.9 Å². The summed E-state index contributed by atoms with van der Waals surface area (Å²) < 4.78 is 32.4. The van der Waals surface area contributed by atoms with E-state index in [1.54, 1.807) is 0 Å². The maximum atomic E-state index is 12.6. The Kier molecular flexibility index (Phi) is 4.44. The van der Waals surface area contributed by atoms with E-state index >= 15 is 0 Å². The maximum Gasteiger partial charge on any atom is 0.336 e. The Morgan fingerprint density at radius 2 is 2.10 bits per heavy atom. The van der Waals surface area contributed by atoms with Gasteiger partial charge in [-0.2, -0.15) is 4.31 Å². The summed E-state index contributed by atoms with van der Waals surface area (Å²) in [6.45, 7) is 4.43. The van der Waals surface area contributed by atoms with Crippen molar-refractivity contribution in [2.24, 2.45) is 0 Å². The second kappa shape index (κ2) is 5.68. The Labute approximate surface area is 131 Å². The average Bonchev–Trinajstić information content (AvgIpc) is 2.37. The van der Waals surface area contributed by atoms with E-state index in [1.807, 2.05) is 13.8 Å². The van der Waals surface area contributed by atoms with Crippen molar-refractivity contribution in [1.82, 2.24) is 4.31 Å². The van der Waals surface area contributed by atoms with E-state index in [4.69, 9.17) is 9.84 Å². The van der Waals surface area contributed by atoms with Crippen LogP contribution in [0.25, 0.3) is 0 Å². The summed E-state index contributed by atoms with van der Waals surface area (Å²) in [5.74, 6) is -1.18. The van der Waals surface area contributed by atoms with Gasteiger partial charge < -0.3 is 9.84 Å². The molecule has 116 valence electrons. The lowest BCUT2D eigenvalue weighted by atomic mass is 10.1. The fraction of sp³-hybridized carbons (Fsp3) is 0.462. The Balaban J connectivity index is 2.40. The van der Waals surface area contributed by atoms with Crippen molar-refractivity contribution in [3.8, 4) is 0 Å². The van der Waals surface area contributed by atoms with Gasteiger partial charge in [0.15, 0.2) is 0 Å². The number of benzene rings is 1. The summed E-state index contributed by atoms with van der Waals surface area (Å²) in [5, 5.41) is 9.09. The molecular formula is C13H16BrNO5S. The summed E-state index contributed by atoms with van der Waals surface area (Å²) in [6.07, 6.45) is 0. The highest BCUT2D eigenvalue weighted by molar-refractivity contribution is 9.10. The van der Waals surface area contributed by atoms with E-state index < -0.39 is 21.6 Å². The van der Waals surface area contributed by atoms with E-state index in [0.29, 0.717) is 11.1 Å². The number of hydrogen-bond acceptors (Lipinski definition) is 4. The van der Waals surface area contributed by atoms with Crippen molar-refractivity contribution >= 4 is 31.9 Å². The Morgan fingerprint density at radius 1 is 1.43 bits per heavy atom. The number of rotatable bonds is 3. The lowest BCUT2D eigenvalue weighted by Crippen LogP contribution is -2.50. The molecule has 1 heterocycles. The molecule has 1 aliphatic rings. The third-order valence-electron chi connectivity index (χ3n) is 3.20. The number of ether oxygens (including phenoxy) is 1. The van der Waals surface area contributed by atoms with E-state index in [0.717, 1.165) is 0 Å². The monoisotopic (exact) mass is 377 g/mol. The molecular weight excluding hydrogens is 362 g/mol. The molecule has 21 heavy (non-hydrogen) atoms. The molecule has 0 saturated carbocycles. The van der Waals surface area contributed by atoms with Gasteiger partial charge in [0, 0.05) is 17.6 Å². The van der Waals surface area contributed by atoms with Crippen molar-refractivity contribution in [3.63, 3.8) is 0 Å². The molecule has 8 heteroatoms. The van der Waals surface area contributed by atoms with Gasteiger partial charge in [-0.3, -0.25) is 0 Å². The molecule has 0 aliphatic carbocycles. The van der Waals surface area contributed by atoms with E-state index in [1.165, 1.54) is 22.5 Å². The molecule has 1 aromatic carbocycles. The van der Waals surface area contributed by atoms with Gasteiger partial charge >= 0.3 is 5.97 Å². The van der Waals surface area contributed by atoms with Crippen LogP contribution in [0.4, 0.5) is 0 Å². The predicted octanol–water partition coefficient (Wildman–Crippen LogP) is 1.95. The largest absolute Gasteiger partial charge is 0.478 e. The zero-order valence-electron chi connectivity index (χ0n) is 11.7. The van der Waals surface area contributed by atoms with Gasteiger partial charge in [-0.15, -0.1) is 0 Å². The smallest absolute Gasteiger partial charge is 0.336 e. The van der Waals surface area contributed by atoms with Crippen LogP contribution in [0.5, 0.6) is 0 Å². The van der Waals surface area contributed by atoms with Crippen LogP contribution in [-0.2, 0) is 14.8 Å². The molecule has 6 nitrogen and oxygen atoms in total. The van der Waals surface area contributed by atoms with Gasteiger partial charge in [0.05, 0.1) is 22.7 Å². The molecule has 2 rings (SSSR count). The van der Waals surface area contributed by atoms with Gasteiger partial charge in [-0.05, 0) is 48.0 Å². The van der Waals surface area contributed by atoms with Crippen LogP contribution in [0.15, 0.2) is 27.6 Å². The summed E-state index contributed by atoms with van der Waals surface area (Å²) in [4.78, 5) is 11.1. The number of carbonyl (C=O) groups is 1. The molecule has 0 amide bonds. The molecule has 0 atom stereocenters. The quantitative estimate of drug-likeness (QED) is 0.869. The van der Waals surface area contributed by atoms with Crippen molar-refractivity contribution in [1.29, 1.82) is 0 Å². The van der Waals surface area contributed by atoms with E-state index in [9.17, 15) is 13.2 Å². The molecule has 0 unspecified atom stereocenters. The number of sulfonamides is 1. The molecule has 1 saturated heterocycles. The first-order valence-electron chi connectivity index (χ1n) is 6.30. The number of aromatic carboxylic acids is 1. The van der Waals surface area contributed by atoms with Gasteiger partial charge in [-0.1, -0.05) is 0 Å². The van der Waals surface area contributed by atoms with Crippen molar-refractivity contribution in [2.75, 3.05) is 19.7 Å². The summed E-state index contributed by atoms with van der Waals surface area (Å²) in [5.41, 5.74) is -0.639. The highest BCUT2D eigenvalue weighted by Crippen LogP contribution is 2.26. The predicted molar refractivity (Wildman–Crippen MR) is 79.9 cm³/mol. The second-order valence-electron chi connectivity index (χ2n) is 5.39. The third-order valence-corrected chi connectivity index (χ3v) is 5.73. The van der Waals surface area contributed by atoms with Gasteiger partial charge in [0.2, 0.25) is 10.0 Å². The molecule has 0 bridgehead atoms. The number of carboxylic acids is 1. The zero-order chi connectivity index (χ0) is 15.8. The van der Waals surface area contributed by atoms with Crippen molar-refractivity contribution in [3.05, 3.63) is 28.2 Å². The van der Waals surface area contributed by atoms with Crippen LogP contribution < -0.4 is 0 Å². The SMILES string of the molecule is CC1(C)CN(S(=O)(=O)c2ccc(Br)c(C(=O)O)c2)CCO1. The Bertz CT molecular complexity index is 671. The molecule has 1 aliphatic heterocycles. The van der Waals surface area contributed by atoms with Crippen molar-refractivity contribution in [2.45, 2.75) is 24.3 Å². The van der Waals surface area contributed by atoms with Gasteiger partial charge in [0.1, 0.15) is 0 Å². The highest BCUT2D eigenvalue weighted by atomic mass is 79.9. The minimum absolute atomic E-state index is 0.0270. The summed E-state index contributed by atoms with van der Waals surface area (Å²) >= 11 is 3.10. The molecule has 1 aromatic rings. The second-order valence-corrected chi connectivity index (χ2v) is 8.19.